The highest BCUT2D eigenvalue weighted by molar-refractivity contribution is 7.89. The first kappa shape index (κ1) is 8.76. The van der Waals surface area contributed by atoms with Crippen LogP contribution in [-0.2, 0) is 11.4 Å². The quantitative estimate of drug-likeness (QED) is 0.458. The van der Waals surface area contributed by atoms with Crippen LogP contribution in [0.25, 0.3) is 0 Å². The first-order valence-electron chi connectivity index (χ1n) is 2.77. The standard InChI is InChI=1S/C5H10N2OS/c6-4-2-1-3-5-9(7)8/h1-3,5,7H2. The van der Waals surface area contributed by atoms with Crippen molar-refractivity contribution in [3.63, 3.8) is 0 Å². The highest BCUT2D eigenvalue weighted by atomic mass is 32.2. The van der Waals surface area contributed by atoms with Crippen molar-refractivity contribution in [3.8, 4) is 6.07 Å². The maximum Gasteiger partial charge on any atom is 0.125 e. The van der Waals surface area contributed by atoms with Gasteiger partial charge in [-0.05, 0) is 12.8 Å². The van der Waals surface area contributed by atoms with E-state index in [0.717, 1.165) is 12.8 Å². The van der Waals surface area contributed by atoms with E-state index in [4.69, 9.17) is 10.4 Å². The average Bonchev–Trinajstić information content (AvgIpc) is 1.80. The zero-order valence-electron chi connectivity index (χ0n) is 5.17. The topological polar surface area (TPSA) is 72.9 Å². The molecule has 9 heavy (non-hydrogen) atoms. The van der Waals surface area contributed by atoms with Crippen LogP contribution < -0.4 is 5.14 Å². The summed E-state index contributed by atoms with van der Waals surface area (Å²) >= 11 is -1.18. The molecule has 0 aliphatic rings. The smallest absolute Gasteiger partial charge is 0.125 e. The molecule has 0 bridgehead atoms. The summed E-state index contributed by atoms with van der Waals surface area (Å²) in [4.78, 5) is 0. The molecule has 2 N–H and O–H groups in total. The number of nitrogens with two attached hydrogens (primary N) is 1. The van der Waals surface area contributed by atoms with Crippen molar-refractivity contribution in [1.29, 1.82) is 5.26 Å². The highest BCUT2D eigenvalue weighted by Gasteiger charge is 1.95. The Hall–Kier alpha value is -0.240. The molecule has 0 aromatic carbocycles. The summed E-state index contributed by atoms with van der Waals surface area (Å²) in [6.07, 6.45) is 2.13. The number of unbranched alkanes of at least 4 members (excludes halogenated alkanes) is 2. The lowest BCUT2D eigenvalue weighted by atomic mass is 10.3. The molecule has 0 fully saturated rings. The van der Waals surface area contributed by atoms with E-state index in [1.807, 2.05) is 6.07 Å². The summed E-state index contributed by atoms with van der Waals surface area (Å²) < 4.78 is 10.2. The van der Waals surface area contributed by atoms with Gasteiger partial charge in [-0.25, -0.2) is 0 Å². The molecule has 4 heteroatoms. The lowest BCUT2D eigenvalue weighted by Gasteiger charge is -1.99. The van der Waals surface area contributed by atoms with Crippen molar-refractivity contribution < 1.29 is 4.55 Å². The molecule has 0 amide bonds. The Morgan fingerprint density at radius 2 is 2.22 bits per heavy atom. The van der Waals surface area contributed by atoms with Crippen LogP contribution in [0.2, 0.25) is 0 Å². The summed E-state index contributed by atoms with van der Waals surface area (Å²) in [5.74, 6) is 0.516. The van der Waals surface area contributed by atoms with Crippen molar-refractivity contribution in [3.05, 3.63) is 0 Å². The molecule has 0 radical (unpaired) electrons. The van der Waals surface area contributed by atoms with Gasteiger partial charge in [-0.3, -0.25) is 0 Å². The van der Waals surface area contributed by atoms with Crippen LogP contribution >= 0.6 is 0 Å². The lowest BCUT2D eigenvalue weighted by Crippen LogP contribution is -2.16. The summed E-state index contributed by atoms with van der Waals surface area (Å²) in [5, 5.41) is 13.0. The number of hydrogen-bond acceptors (Lipinski definition) is 3. The van der Waals surface area contributed by atoms with Crippen molar-refractivity contribution in [2.75, 3.05) is 5.75 Å². The van der Waals surface area contributed by atoms with Gasteiger partial charge in [-0.2, -0.15) is 10.4 Å². The predicted molar refractivity (Wildman–Crippen MR) is 36.7 cm³/mol. The van der Waals surface area contributed by atoms with Crippen LogP contribution in [0.15, 0.2) is 0 Å². The normalized spacial score (nSPS) is 12.6. The molecule has 0 aromatic rings. The third kappa shape index (κ3) is 7.76. The van der Waals surface area contributed by atoms with E-state index in [2.05, 4.69) is 0 Å². The van der Waals surface area contributed by atoms with Gasteiger partial charge in [0, 0.05) is 17.8 Å². The maximum absolute atomic E-state index is 10.2. The Balaban J connectivity index is 2.85. The van der Waals surface area contributed by atoms with Crippen LogP contribution in [-0.4, -0.2) is 10.3 Å². The molecule has 0 saturated heterocycles. The van der Waals surface area contributed by atoms with Crippen molar-refractivity contribution in [2.45, 2.75) is 19.3 Å². The van der Waals surface area contributed by atoms with Crippen molar-refractivity contribution in [2.24, 2.45) is 5.14 Å². The molecule has 0 saturated carbocycles. The van der Waals surface area contributed by atoms with Crippen LogP contribution in [0.5, 0.6) is 0 Å². The number of rotatable bonds is 4. The summed E-state index contributed by atoms with van der Waals surface area (Å²) in [6, 6.07) is 2.00. The molecule has 3 nitrogen and oxygen atoms in total. The molecule has 0 aromatic heterocycles. The molecule has 0 aliphatic heterocycles. The van der Waals surface area contributed by atoms with E-state index in [9.17, 15) is 4.55 Å². The minimum Gasteiger partial charge on any atom is -0.598 e. The minimum atomic E-state index is -1.18. The SMILES string of the molecule is N#CCCCC[S+](N)[O-]. The lowest BCUT2D eigenvalue weighted by molar-refractivity contribution is 0.592. The zero-order valence-corrected chi connectivity index (χ0v) is 5.99. The van der Waals surface area contributed by atoms with Gasteiger partial charge in [0.2, 0.25) is 0 Å². The fourth-order valence-corrected chi connectivity index (χ4v) is 0.937. The Bertz CT molecular complexity index is 99.6. The van der Waals surface area contributed by atoms with Gasteiger partial charge in [0.15, 0.2) is 0 Å². The molecule has 52 valence electrons. The summed E-state index contributed by atoms with van der Waals surface area (Å²) in [6.45, 7) is 0. The van der Waals surface area contributed by atoms with Gasteiger partial charge >= 0.3 is 0 Å². The van der Waals surface area contributed by atoms with Crippen LogP contribution in [0.3, 0.4) is 0 Å². The molecule has 1 atom stereocenters. The van der Waals surface area contributed by atoms with E-state index in [0.29, 0.717) is 12.2 Å². The molecule has 0 heterocycles. The van der Waals surface area contributed by atoms with E-state index >= 15 is 0 Å². The third-order valence-corrected chi connectivity index (χ3v) is 1.58. The number of hydrogen-bond donors (Lipinski definition) is 1. The minimum absolute atomic E-state index is 0.516. The van der Waals surface area contributed by atoms with E-state index in [1.54, 1.807) is 0 Å². The molecule has 0 aliphatic carbocycles. The predicted octanol–water partition coefficient (Wildman–Crippen LogP) is 0.303. The first-order valence-corrected chi connectivity index (χ1v) is 4.15. The molecule has 1 unspecified atom stereocenters. The summed E-state index contributed by atoms with van der Waals surface area (Å²) in [5.41, 5.74) is 0. The highest BCUT2D eigenvalue weighted by Crippen LogP contribution is 1.94. The second kappa shape index (κ2) is 5.89. The number of nitrogens with zero attached hydrogens (tertiary/aromatic N) is 1. The van der Waals surface area contributed by atoms with E-state index in [1.165, 1.54) is 0 Å². The third-order valence-electron chi connectivity index (χ3n) is 0.884. The molecule has 0 rings (SSSR count). The maximum atomic E-state index is 10.2. The molecule has 0 spiro atoms. The monoisotopic (exact) mass is 146 g/mol. The van der Waals surface area contributed by atoms with Crippen molar-refractivity contribution >= 4 is 11.4 Å². The van der Waals surface area contributed by atoms with Gasteiger partial charge in [0.05, 0.1) is 6.07 Å². The average molecular weight is 146 g/mol. The Morgan fingerprint density at radius 3 is 2.67 bits per heavy atom. The van der Waals surface area contributed by atoms with Gasteiger partial charge in [-0.1, -0.05) is 0 Å². The fourth-order valence-electron chi connectivity index (χ4n) is 0.448. The Kier molecular flexibility index (Phi) is 5.73. The van der Waals surface area contributed by atoms with Gasteiger partial charge in [-0.15, -0.1) is 0 Å². The Labute approximate surface area is 58.2 Å². The zero-order chi connectivity index (χ0) is 7.11. The van der Waals surface area contributed by atoms with Crippen LogP contribution in [0.1, 0.15) is 19.3 Å². The van der Waals surface area contributed by atoms with Gasteiger partial charge in [0.1, 0.15) is 5.75 Å². The fraction of sp³-hybridized carbons (Fsp3) is 0.800. The van der Waals surface area contributed by atoms with Gasteiger partial charge in [0.25, 0.3) is 0 Å². The second-order valence-electron chi connectivity index (χ2n) is 1.70. The number of nitriles is 1. The van der Waals surface area contributed by atoms with Crippen molar-refractivity contribution in [1.82, 2.24) is 0 Å². The largest absolute Gasteiger partial charge is 0.598 e. The molecular weight excluding hydrogens is 136 g/mol. The second-order valence-corrected chi connectivity index (χ2v) is 2.87. The molecular formula is C5H10N2OS. The van der Waals surface area contributed by atoms with E-state index < -0.39 is 11.4 Å². The van der Waals surface area contributed by atoms with Gasteiger partial charge < -0.3 is 4.55 Å². The Morgan fingerprint density at radius 1 is 1.56 bits per heavy atom. The summed E-state index contributed by atoms with van der Waals surface area (Å²) in [7, 11) is 0. The van der Waals surface area contributed by atoms with Crippen LogP contribution in [0, 0.1) is 11.3 Å². The van der Waals surface area contributed by atoms with E-state index in [-0.39, 0.29) is 0 Å². The first-order chi connectivity index (χ1) is 4.27. The van der Waals surface area contributed by atoms with Crippen LogP contribution in [0.4, 0.5) is 0 Å².